The fourth-order valence-electron chi connectivity index (χ4n) is 3.10. The van der Waals surface area contributed by atoms with E-state index in [1.165, 1.54) is 0 Å². The Kier molecular flexibility index (Phi) is 10.8. The van der Waals surface area contributed by atoms with Gasteiger partial charge in [0, 0.05) is 11.1 Å². The first-order valence-corrected chi connectivity index (χ1v) is 10.4. The van der Waals surface area contributed by atoms with Gasteiger partial charge in [0.05, 0.1) is 11.9 Å². The number of hydrogen-bond donors (Lipinski definition) is 0. The summed E-state index contributed by atoms with van der Waals surface area (Å²) in [5.41, 5.74) is 2.79. The van der Waals surface area contributed by atoms with E-state index in [0.717, 1.165) is 22.3 Å². The van der Waals surface area contributed by atoms with Crippen molar-refractivity contribution in [3.05, 3.63) is 57.6 Å². The number of hydrogen-bond acceptors (Lipinski definition) is 6. The number of carboxylic acids is 2. The van der Waals surface area contributed by atoms with Gasteiger partial charge in [0.1, 0.15) is 22.7 Å². The van der Waals surface area contributed by atoms with Crippen LogP contribution in [-0.2, 0) is 19.5 Å². The van der Waals surface area contributed by atoms with Crippen LogP contribution in [0, 0.1) is 27.7 Å². The predicted molar refractivity (Wildman–Crippen MR) is 121 cm³/mol. The van der Waals surface area contributed by atoms with Gasteiger partial charge in [0.25, 0.3) is 0 Å². The number of benzene rings is 2. The van der Waals surface area contributed by atoms with Crippen molar-refractivity contribution in [2.24, 2.45) is 0 Å². The van der Waals surface area contributed by atoms with Crippen LogP contribution in [0.2, 0.25) is 0 Å². The van der Waals surface area contributed by atoms with Crippen LogP contribution >= 0.6 is 0 Å². The number of carboxylic acid groups (broad SMARTS) is 2. The van der Waals surface area contributed by atoms with Gasteiger partial charge < -0.3 is 29.3 Å². The van der Waals surface area contributed by atoms with Crippen LogP contribution in [0.25, 0.3) is 0 Å². The molecule has 7 heteroatoms. The van der Waals surface area contributed by atoms with Crippen LogP contribution in [0.3, 0.4) is 0 Å². The van der Waals surface area contributed by atoms with E-state index < -0.39 is 23.1 Å². The van der Waals surface area contributed by atoms with E-state index in [0.29, 0.717) is 11.5 Å². The van der Waals surface area contributed by atoms with Crippen molar-refractivity contribution in [2.75, 3.05) is 0 Å². The van der Waals surface area contributed by atoms with Crippen molar-refractivity contribution in [3.63, 3.8) is 0 Å². The molecule has 0 aliphatic carbocycles. The Morgan fingerprint density at radius 1 is 0.636 bits per heavy atom. The maximum absolute atomic E-state index is 11.0. The van der Waals surface area contributed by atoms with E-state index >= 15 is 0 Å². The SMILES string of the molecule is Cc1cc(C)c(OC(C)(C)C)c(C(=O)[O-])c1.Cc1cc(C)c(OC(C)(C)C)c(C(=O)[O-])c1.[Zn+2]. The number of carbonyl (C=O) groups excluding carboxylic acids is 2. The van der Waals surface area contributed by atoms with Gasteiger partial charge in [-0.15, -0.1) is 0 Å². The molecule has 0 saturated heterocycles. The summed E-state index contributed by atoms with van der Waals surface area (Å²) in [5.74, 6) is -1.60. The van der Waals surface area contributed by atoms with Crippen LogP contribution in [0.1, 0.15) is 84.5 Å². The van der Waals surface area contributed by atoms with Crippen LogP contribution in [0.15, 0.2) is 24.3 Å². The van der Waals surface area contributed by atoms with Crippen molar-refractivity contribution in [2.45, 2.75) is 80.4 Å². The number of aromatic carboxylic acids is 2. The van der Waals surface area contributed by atoms with E-state index in [9.17, 15) is 19.8 Å². The average molecular weight is 508 g/mol. The first kappa shape index (κ1) is 30.6. The third-order valence-electron chi connectivity index (χ3n) is 4.09. The second-order valence-electron chi connectivity index (χ2n) is 9.92. The van der Waals surface area contributed by atoms with E-state index in [1.54, 1.807) is 12.1 Å². The molecule has 0 unspecified atom stereocenters. The maximum atomic E-state index is 11.0. The minimum absolute atomic E-state index is 0. The molecule has 0 saturated carbocycles. The third-order valence-corrected chi connectivity index (χ3v) is 4.09. The fraction of sp³-hybridized carbons (Fsp3) is 0.462. The Morgan fingerprint density at radius 2 is 0.909 bits per heavy atom. The predicted octanol–water partition coefficient (Wildman–Crippen LogP) is 3.69. The van der Waals surface area contributed by atoms with Crippen LogP contribution in [0.4, 0.5) is 0 Å². The number of rotatable bonds is 4. The third kappa shape index (κ3) is 9.95. The van der Waals surface area contributed by atoms with E-state index in [2.05, 4.69) is 0 Å². The topological polar surface area (TPSA) is 98.7 Å². The molecular weight excluding hydrogens is 474 g/mol. The van der Waals surface area contributed by atoms with Crippen molar-refractivity contribution in [1.82, 2.24) is 0 Å². The molecule has 2 rings (SSSR count). The summed E-state index contributed by atoms with van der Waals surface area (Å²) in [6.45, 7) is 18.6. The van der Waals surface area contributed by atoms with Gasteiger partial charge in [-0.05, 0) is 104 Å². The summed E-state index contributed by atoms with van der Waals surface area (Å²) in [6, 6.07) is 6.94. The van der Waals surface area contributed by atoms with Crippen molar-refractivity contribution < 1.29 is 48.8 Å². The zero-order valence-electron chi connectivity index (χ0n) is 21.5. The summed E-state index contributed by atoms with van der Waals surface area (Å²) < 4.78 is 11.3. The Balaban J connectivity index is 0.000000602. The molecule has 6 nitrogen and oxygen atoms in total. The van der Waals surface area contributed by atoms with Gasteiger partial charge in [0.2, 0.25) is 0 Å². The Labute approximate surface area is 210 Å². The van der Waals surface area contributed by atoms with E-state index in [4.69, 9.17) is 9.47 Å². The molecule has 0 heterocycles. The van der Waals surface area contributed by atoms with Crippen LogP contribution in [0.5, 0.6) is 11.5 Å². The number of carbonyl (C=O) groups is 2. The molecule has 33 heavy (non-hydrogen) atoms. The van der Waals surface area contributed by atoms with Crippen LogP contribution < -0.4 is 19.7 Å². The monoisotopic (exact) mass is 506 g/mol. The van der Waals surface area contributed by atoms with Gasteiger partial charge in [0.15, 0.2) is 0 Å². The Hall–Kier alpha value is -2.40. The molecule has 0 aliphatic heterocycles. The Bertz CT molecular complexity index is 916. The molecule has 0 aromatic heterocycles. The zero-order chi connectivity index (χ0) is 25.0. The molecule has 0 radical (unpaired) electrons. The normalized spacial score (nSPS) is 11.0. The number of aryl methyl sites for hydroxylation is 4. The fourth-order valence-corrected chi connectivity index (χ4v) is 3.10. The molecule has 0 spiro atoms. The summed E-state index contributed by atoms with van der Waals surface area (Å²) in [6.07, 6.45) is 0. The quantitative estimate of drug-likeness (QED) is 0.585. The molecule has 0 amide bonds. The summed E-state index contributed by atoms with van der Waals surface area (Å²) in [4.78, 5) is 22.0. The number of ether oxygens (including phenoxy) is 2. The largest absolute Gasteiger partial charge is 2.00 e. The first-order chi connectivity index (χ1) is 14.4. The second kappa shape index (κ2) is 11.6. The van der Waals surface area contributed by atoms with E-state index in [-0.39, 0.29) is 30.6 Å². The minimum atomic E-state index is -1.20. The zero-order valence-corrected chi connectivity index (χ0v) is 24.4. The van der Waals surface area contributed by atoms with Crippen LogP contribution in [-0.4, -0.2) is 23.1 Å². The first-order valence-electron chi connectivity index (χ1n) is 10.4. The molecule has 176 valence electrons. The molecule has 0 aliphatic rings. The summed E-state index contributed by atoms with van der Waals surface area (Å²) in [7, 11) is 0. The summed E-state index contributed by atoms with van der Waals surface area (Å²) in [5, 5.41) is 22.0. The second-order valence-corrected chi connectivity index (χ2v) is 9.92. The molecule has 2 aromatic carbocycles. The maximum Gasteiger partial charge on any atom is 2.00 e. The minimum Gasteiger partial charge on any atom is -0.545 e. The van der Waals surface area contributed by atoms with Gasteiger partial charge in [-0.25, -0.2) is 0 Å². The van der Waals surface area contributed by atoms with Crippen molar-refractivity contribution >= 4 is 11.9 Å². The van der Waals surface area contributed by atoms with Crippen molar-refractivity contribution in [3.8, 4) is 11.5 Å². The van der Waals surface area contributed by atoms with Gasteiger partial charge in [-0.2, -0.15) is 0 Å². The average Bonchev–Trinajstić information content (AvgIpc) is 2.57. The molecule has 0 N–H and O–H groups in total. The molecule has 0 atom stereocenters. The van der Waals surface area contributed by atoms with Crippen molar-refractivity contribution in [1.29, 1.82) is 0 Å². The molecule has 0 bridgehead atoms. The van der Waals surface area contributed by atoms with Gasteiger partial charge in [-0.1, -0.05) is 12.1 Å². The van der Waals surface area contributed by atoms with E-state index in [1.807, 2.05) is 81.4 Å². The smallest absolute Gasteiger partial charge is 0.545 e. The Morgan fingerprint density at radius 3 is 1.12 bits per heavy atom. The van der Waals surface area contributed by atoms with Gasteiger partial charge >= 0.3 is 19.5 Å². The standard InChI is InChI=1S/2C13H18O3.Zn/c2*1-8-6-9(2)11(16-13(3,4)5)10(7-8)12(14)15;/h2*6-7H,1-5H3,(H,14,15);/q;;+2/p-2. The molecule has 0 fully saturated rings. The summed E-state index contributed by atoms with van der Waals surface area (Å²) >= 11 is 0. The molecular formula is C26H34O6Zn. The molecule has 2 aromatic rings. The van der Waals surface area contributed by atoms with Gasteiger partial charge in [-0.3, -0.25) is 0 Å².